The fourth-order valence-electron chi connectivity index (χ4n) is 2.85. The van der Waals surface area contributed by atoms with Crippen LogP contribution in [0.25, 0.3) is 0 Å². The molecule has 0 spiro atoms. The van der Waals surface area contributed by atoms with Crippen molar-refractivity contribution in [2.24, 2.45) is 15.7 Å². The summed E-state index contributed by atoms with van der Waals surface area (Å²) in [6.07, 6.45) is 8.06. The zero-order valence-electron chi connectivity index (χ0n) is 21.9. The minimum Gasteiger partial charge on any atom is -0.383 e. The molecule has 12 nitrogen and oxygen atoms in total. The van der Waals surface area contributed by atoms with E-state index in [1.54, 1.807) is 24.8 Å². The Kier molecular flexibility index (Phi) is 19.2. The minimum absolute atomic E-state index is 0.406. The Bertz CT molecular complexity index is 817. The molecule has 0 unspecified atom stereocenters. The lowest BCUT2D eigenvalue weighted by Crippen LogP contribution is -2.34. The van der Waals surface area contributed by atoms with E-state index in [9.17, 15) is 4.79 Å². The van der Waals surface area contributed by atoms with Crippen LogP contribution in [0.2, 0.25) is 0 Å². The van der Waals surface area contributed by atoms with Crippen molar-refractivity contribution in [3.05, 3.63) is 42.0 Å². The fourth-order valence-corrected chi connectivity index (χ4v) is 2.85. The zero-order valence-corrected chi connectivity index (χ0v) is 21.9. The first kappa shape index (κ1) is 32.0. The second-order valence-corrected chi connectivity index (χ2v) is 7.69. The molecule has 0 atom stereocenters. The van der Waals surface area contributed by atoms with Crippen molar-refractivity contribution in [1.29, 1.82) is 0 Å². The number of ether oxygens (including phenoxy) is 3. The molecule has 1 aromatic heterocycles. The monoisotopic (exact) mass is 518 g/mol. The van der Waals surface area contributed by atoms with Crippen molar-refractivity contribution >= 4 is 25.2 Å². The predicted molar refractivity (Wildman–Crippen MR) is 147 cm³/mol. The number of carbonyl (C=O) groups is 1. The number of rotatable bonds is 24. The SMILES string of the molecule is C=N/C=C(\C=N/CCN(CCNC)c1ncc(CN)cn1)C(=C)NCCOCCOCCOCCC=O. The Morgan fingerprint density at radius 3 is 2.38 bits per heavy atom. The molecule has 0 fully saturated rings. The highest BCUT2D eigenvalue weighted by atomic mass is 16.5. The number of aldehydes is 1. The van der Waals surface area contributed by atoms with Gasteiger partial charge in [0.2, 0.25) is 5.95 Å². The summed E-state index contributed by atoms with van der Waals surface area (Å²) in [6, 6.07) is 0. The van der Waals surface area contributed by atoms with Gasteiger partial charge in [-0.15, -0.1) is 0 Å². The summed E-state index contributed by atoms with van der Waals surface area (Å²) in [7, 11) is 1.91. The molecular formula is C25H42N8O4. The van der Waals surface area contributed by atoms with Gasteiger partial charge < -0.3 is 40.3 Å². The Morgan fingerprint density at radius 1 is 1.08 bits per heavy atom. The average Bonchev–Trinajstić information content (AvgIpc) is 2.92. The van der Waals surface area contributed by atoms with E-state index >= 15 is 0 Å². The van der Waals surface area contributed by atoms with E-state index in [0.717, 1.165) is 30.5 Å². The lowest BCUT2D eigenvalue weighted by atomic mass is 10.2. The number of hydrogen-bond acceptors (Lipinski definition) is 12. The van der Waals surface area contributed by atoms with Gasteiger partial charge in [-0.05, 0) is 13.8 Å². The van der Waals surface area contributed by atoms with E-state index in [4.69, 9.17) is 19.9 Å². The summed E-state index contributed by atoms with van der Waals surface area (Å²) in [6.45, 7) is 14.1. The van der Waals surface area contributed by atoms with Gasteiger partial charge in [0.1, 0.15) is 6.29 Å². The number of hydrogen-bond donors (Lipinski definition) is 3. The minimum atomic E-state index is 0.406. The number of likely N-dealkylation sites (N-methyl/N-ethyl adjacent to an activating group) is 1. The Morgan fingerprint density at radius 2 is 1.76 bits per heavy atom. The van der Waals surface area contributed by atoms with Crippen LogP contribution in [0, 0.1) is 0 Å². The van der Waals surface area contributed by atoms with Gasteiger partial charge in [0.25, 0.3) is 0 Å². The Balaban J connectivity index is 2.34. The molecule has 0 saturated heterocycles. The van der Waals surface area contributed by atoms with Gasteiger partial charge in [-0.25, -0.2) is 9.97 Å². The molecule has 0 saturated carbocycles. The molecule has 0 aliphatic rings. The topological polar surface area (TPSA) is 149 Å². The first-order valence-corrected chi connectivity index (χ1v) is 12.3. The van der Waals surface area contributed by atoms with Crippen LogP contribution in [0.3, 0.4) is 0 Å². The van der Waals surface area contributed by atoms with E-state index < -0.39 is 0 Å². The van der Waals surface area contributed by atoms with Crippen LogP contribution in [0.4, 0.5) is 5.95 Å². The number of nitrogens with one attached hydrogen (secondary N) is 2. The molecule has 0 amide bonds. The number of nitrogens with zero attached hydrogens (tertiary/aromatic N) is 5. The lowest BCUT2D eigenvalue weighted by Gasteiger charge is -2.21. The van der Waals surface area contributed by atoms with Crippen LogP contribution in [0.1, 0.15) is 12.0 Å². The van der Waals surface area contributed by atoms with Gasteiger partial charge in [0, 0.05) is 80.8 Å². The number of nitrogens with two attached hydrogens (primary N) is 1. The maximum atomic E-state index is 10.2. The molecular weight excluding hydrogens is 476 g/mol. The molecule has 0 radical (unpaired) electrons. The third-order valence-electron chi connectivity index (χ3n) is 4.86. The number of allylic oxidation sites excluding steroid dienone is 1. The second-order valence-electron chi connectivity index (χ2n) is 7.69. The molecule has 12 heteroatoms. The van der Waals surface area contributed by atoms with Gasteiger partial charge in [-0.1, -0.05) is 6.58 Å². The number of aliphatic imine (C=N–C) groups is 2. The summed E-state index contributed by atoms with van der Waals surface area (Å²) in [4.78, 5) is 29.5. The van der Waals surface area contributed by atoms with Crippen LogP contribution in [0.15, 0.2) is 46.4 Å². The molecule has 4 N–H and O–H groups in total. The highest BCUT2D eigenvalue weighted by Crippen LogP contribution is 2.07. The van der Waals surface area contributed by atoms with Crippen LogP contribution in [-0.4, -0.2) is 109 Å². The zero-order chi connectivity index (χ0) is 27.0. The normalized spacial score (nSPS) is 11.6. The Labute approximate surface area is 220 Å². The summed E-state index contributed by atoms with van der Waals surface area (Å²) >= 11 is 0. The average molecular weight is 519 g/mol. The van der Waals surface area contributed by atoms with Gasteiger partial charge in [-0.3, -0.25) is 9.98 Å². The van der Waals surface area contributed by atoms with Crippen molar-refractivity contribution in [2.75, 3.05) is 84.3 Å². The van der Waals surface area contributed by atoms with E-state index in [1.807, 2.05) is 7.05 Å². The van der Waals surface area contributed by atoms with Crippen molar-refractivity contribution in [2.45, 2.75) is 13.0 Å². The quantitative estimate of drug-likeness (QED) is 0.0758. The molecule has 206 valence electrons. The van der Waals surface area contributed by atoms with Crippen molar-refractivity contribution in [3.63, 3.8) is 0 Å². The van der Waals surface area contributed by atoms with Crippen LogP contribution >= 0.6 is 0 Å². The molecule has 1 heterocycles. The molecule has 1 rings (SSSR count). The highest BCUT2D eigenvalue weighted by Gasteiger charge is 2.09. The molecule has 0 aliphatic carbocycles. The molecule has 1 aromatic rings. The second kappa shape index (κ2) is 22.2. The summed E-state index contributed by atoms with van der Waals surface area (Å²) in [5, 5.41) is 6.35. The van der Waals surface area contributed by atoms with Crippen molar-refractivity contribution < 1.29 is 19.0 Å². The van der Waals surface area contributed by atoms with Crippen LogP contribution in [-0.2, 0) is 25.5 Å². The number of carbonyl (C=O) groups excluding carboxylic acids is 1. The first-order valence-electron chi connectivity index (χ1n) is 12.3. The number of anilines is 1. The summed E-state index contributed by atoms with van der Waals surface area (Å²) < 4.78 is 16.2. The molecule has 0 bridgehead atoms. The van der Waals surface area contributed by atoms with Crippen molar-refractivity contribution in [1.82, 2.24) is 20.6 Å². The predicted octanol–water partition coefficient (Wildman–Crippen LogP) is 0.359. The molecule has 0 aromatic carbocycles. The largest absolute Gasteiger partial charge is 0.383 e. The van der Waals surface area contributed by atoms with Gasteiger partial charge in [-0.2, -0.15) is 0 Å². The van der Waals surface area contributed by atoms with Crippen molar-refractivity contribution in [3.8, 4) is 0 Å². The highest BCUT2D eigenvalue weighted by molar-refractivity contribution is 5.84. The Hall–Kier alpha value is -3.03. The lowest BCUT2D eigenvalue weighted by molar-refractivity contribution is -0.108. The maximum absolute atomic E-state index is 10.2. The third-order valence-corrected chi connectivity index (χ3v) is 4.86. The third kappa shape index (κ3) is 15.6. The van der Waals surface area contributed by atoms with Gasteiger partial charge in [0.05, 0.1) is 46.2 Å². The van der Waals surface area contributed by atoms with E-state index in [0.29, 0.717) is 83.9 Å². The number of aromatic nitrogens is 2. The molecule has 0 aliphatic heterocycles. The summed E-state index contributed by atoms with van der Waals surface area (Å²) in [5.74, 6) is 0.644. The standard InChI is InChI=1S/C25H42N8O4/c1-22(30-7-12-36-14-16-37-15-13-35-11-4-10-34)24(20-28-3)21-29-6-9-33(8-5-27-2)25-31-18-23(17-26)19-32-25/h10,18-21,27,30H,1,3-9,11-17,26H2,2H3/b24-20+,29-21-. The van der Waals surface area contributed by atoms with Gasteiger partial charge >= 0.3 is 0 Å². The maximum Gasteiger partial charge on any atom is 0.225 e. The van der Waals surface area contributed by atoms with Crippen LogP contribution in [0.5, 0.6) is 0 Å². The smallest absolute Gasteiger partial charge is 0.225 e. The molecule has 37 heavy (non-hydrogen) atoms. The van der Waals surface area contributed by atoms with E-state index in [2.05, 4.69) is 48.8 Å². The van der Waals surface area contributed by atoms with Gasteiger partial charge in [0.15, 0.2) is 0 Å². The first-order chi connectivity index (χ1) is 18.2. The summed E-state index contributed by atoms with van der Waals surface area (Å²) in [5.41, 5.74) is 7.94. The fraction of sp³-hybridized carbons (Fsp3) is 0.560. The van der Waals surface area contributed by atoms with E-state index in [1.165, 1.54) is 0 Å². The van der Waals surface area contributed by atoms with Crippen LogP contribution < -0.4 is 21.3 Å². The van der Waals surface area contributed by atoms with E-state index in [-0.39, 0.29) is 0 Å².